The Morgan fingerprint density at radius 2 is 1.62 bits per heavy atom. The summed E-state index contributed by atoms with van der Waals surface area (Å²) in [6.07, 6.45) is 0. The Kier molecular flexibility index (Phi) is 4.15. The van der Waals surface area contributed by atoms with Crippen LogP contribution in [0.1, 0.15) is 20.8 Å². The third-order valence-corrected chi connectivity index (χ3v) is 2.55. The zero-order chi connectivity index (χ0) is 12.3. The van der Waals surface area contributed by atoms with E-state index in [1.807, 2.05) is 0 Å². The maximum absolute atomic E-state index is 11.6. The maximum Gasteiger partial charge on any atom is 0.330 e. The first kappa shape index (κ1) is 13.3. The smallest absolute Gasteiger partial charge is 0.330 e. The molecule has 1 fully saturated rings. The number of carbonyl (C=O) groups is 2. The van der Waals surface area contributed by atoms with E-state index >= 15 is 0 Å². The van der Waals surface area contributed by atoms with E-state index in [0.29, 0.717) is 26.2 Å². The van der Waals surface area contributed by atoms with Crippen molar-refractivity contribution in [3.63, 3.8) is 0 Å². The lowest BCUT2D eigenvalue weighted by atomic mass is 9.98. The van der Waals surface area contributed by atoms with Gasteiger partial charge in [-0.3, -0.25) is 4.79 Å². The molecule has 1 heterocycles. The fourth-order valence-corrected chi connectivity index (χ4v) is 1.38. The van der Waals surface area contributed by atoms with E-state index in [-0.39, 0.29) is 5.97 Å². The van der Waals surface area contributed by atoms with Crippen LogP contribution in [-0.4, -0.2) is 47.5 Å². The Balaban J connectivity index is 2.38. The second-order valence-electron chi connectivity index (χ2n) is 4.80. The molecule has 0 spiro atoms. The molecule has 1 saturated heterocycles. The molecule has 1 aliphatic heterocycles. The highest BCUT2D eigenvalue weighted by Gasteiger charge is 2.28. The van der Waals surface area contributed by atoms with Crippen LogP contribution in [0.2, 0.25) is 0 Å². The fraction of sp³-hybridized carbons (Fsp3) is 0.800. The van der Waals surface area contributed by atoms with Crippen LogP contribution in [0.5, 0.6) is 0 Å². The summed E-state index contributed by atoms with van der Waals surface area (Å²) in [5.41, 5.74) is -0.514. The lowest BCUT2D eigenvalue weighted by Crippen LogP contribution is -2.48. The van der Waals surface area contributed by atoms with Gasteiger partial charge in [0.1, 0.15) is 0 Å². The molecule has 0 aromatic heterocycles. The Morgan fingerprint density at radius 1 is 1.12 bits per heavy atom. The number of hydroxylamine groups is 2. The highest BCUT2D eigenvalue weighted by Crippen LogP contribution is 2.17. The molecule has 1 amide bonds. The van der Waals surface area contributed by atoms with Gasteiger partial charge < -0.3 is 9.74 Å². The summed E-state index contributed by atoms with van der Waals surface area (Å²) < 4.78 is 0. The topological polar surface area (TPSA) is 49.9 Å². The van der Waals surface area contributed by atoms with Gasteiger partial charge >= 0.3 is 11.3 Å². The normalized spacial score (nSPS) is 18.4. The van der Waals surface area contributed by atoms with Crippen molar-refractivity contribution in [2.45, 2.75) is 20.8 Å². The van der Waals surface area contributed by atoms with E-state index in [1.165, 1.54) is 4.90 Å². The number of nitrogens with zero attached hydrogens (tertiary/aromatic N) is 2. The Hall–Kier alpha value is -0.810. The first-order valence-corrected chi connectivity index (χ1v) is 5.60. The molecule has 0 aromatic rings. The van der Waals surface area contributed by atoms with Crippen molar-refractivity contribution in [1.29, 1.82) is 0 Å². The minimum absolute atomic E-state index is 0.266. The van der Waals surface area contributed by atoms with Crippen molar-refractivity contribution in [2.24, 2.45) is 5.41 Å². The van der Waals surface area contributed by atoms with Crippen LogP contribution in [-0.2, 0) is 9.63 Å². The molecule has 92 valence electrons. The quantitative estimate of drug-likeness (QED) is 0.521. The van der Waals surface area contributed by atoms with Gasteiger partial charge in [-0.1, -0.05) is 0 Å². The van der Waals surface area contributed by atoms with Crippen molar-refractivity contribution >= 4 is 22.9 Å². The highest BCUT2D eigenvalue weighted by molar-refractivity contribution is 6.62. The number of halogens is 1. The molecule has 0 bridgehead atoms. The average molecular weight is 249 g/mol. The van der Waals surface area contributed by atoms with E-state index in [1.54, 1.807) is 25.8 Å². The summed E-state index contributed by atoms with van der Waals surface area (Å²) in [5, 5.41) is 1.12. The second kappa shape index (κ2) is 5.01. The summed E-state index contributed by atoms with van der Waals surface area (Å²) >= 11 is 5.34. The number of rotatable bonds is 1. The third-order valence-electron chi connectivity index (χ3n) is 2.31. The second-order valence-corrected chi connectivity index (χ2v) is 5.12. The van der Waals surface area contributed by atoms with Gasteiger partial charge in [0.05, 0.1) is 18.5 Å². The molecular weight excluding hydrogens is 232 g/mol. The van der Waals surface area contributed by atoms with Crippen molar-refractivity contribution in [3.05, 3.63) is 0 Å². The predicted molar refractivity (Wildman–Crippen MR) is 59.9 cm³/mol. The summed E-state index contributed by atoms with van der Waals surface area (Å²) in [5.74, 6) is -0.266. The molecule has 16 heavy (non-hydrogen) atoms. The molecule has 0 saturated carbocycles. The number of amides is 1. The van der Waals surface area contributed by atoms with Gasteiger partial charge in [0.25, 0.3) is 0 Å². The van der Waals surface area contributed by atoms with Crippen LogP contribution < -0.4 is 0 Å². The van der Waals surface area contributed by atoms with Crippen LogP contribution in [0.15, 0.2) is 0 Å². The number of piperazine rings is 1. The molecule has 1 aliphatic rings. The van der Waals surface area contributed by atoms with Crippen LogP contribution in [0.25, 0.3) is 0 Å². The lowest BCUT2D eigenvalue weighted by Gasteiger charge is -2.33. The number of hydrogen-bond donors (Lipinski definition) is 0. The van der Waals surface area contributed by atoms with Gasteiger partial charge in [0, 0.05) is 13.1 Å². The van der Waals surface area contributed by atoms with Gasteiger partial charge in [0.15, 0.2) is 0 Å². The molecule has 0 radical (unpaired) electrons. The van der Waals surface area contributed by atoms with Gasteiger partial charge in [-0.25, -0.2) is 4.79 Å². The minimum Gasteiger partial charge on any atom is -0.367 e. The Labute approximate surface area is 100 Å². The summed E-state index contributed by atoms with van der Waals surface area (Å²) in [4.78, 5) is 29.1. The molecule has 0 aliphatic carbocycles. The van der Waals surface area contributed by atoms with E-state index in [0.717, 1.165) is 0 Å². The van der Waals surface area contributed by atoms with E-state index in [4.69, 9.17) is 16.4 Å². The molecule has 0 N–H and O–H groups in total. The van der Waals surface area contributed by atoms with E-state index < -0.39 is 10.8 Å². The highest BCUT2D eigenvalue weighted by atomic mass is 35.5. The van der Waals surface area contributed by atoms with E-state index in [2.05, 4.69) is 0 Å². The number of hydrogen-bond acceptors (Lipinski definition) is 4. The first-order valence-electron chi connectivity index (χ1n) is 5.22. The van der Waals surface area contributed by atoms with Crippen LogP contribution >= 0.6 is 11.6 Å². The van der Waals surface area contributed by atoms with Crippen LogP contribution in [0.3, 0.4) is 0 Å². The van der Waals surface area contributed by atoms with Gasteiger partial charge in [-0.2, -0.15) is 0 Å². The van der Waals surface area contributed by atoms with Crippen molar-refractivity contribution in [2.75, 3.05) is 26.2 Å². The van der Waals surface area contributed by atoms with Gasteiger partial charge in [0.2, 0.25) is 0 Å². The van der Waals surface area contributed by atoms with Crippen molar-refractivity contribution in [1.82, 2.24) is 9.96 Å². The lowest BCUT2D eigenvalue weighted by molar-refractivity contribution is -0.205. The molecular formula is C10H17ClN2O3. The molecule has 0 aromatic carbocycles. The Bertz CT molecular complexity index is 280. The zero-order valence-electron chi connectivity index (χ0n) is 9.83. The van der Waals surface area contributed by atoms with Crippen LogP contribution in [0, 0.1) is 5.41 Å². The molecule has 1 rings (SSSR count). The van der Waals surface area contributed by atoms with Gasteiger partial charge in [-0.15, -0.1) is 5.06 Å². The largest absolute Gasteiger partial charge is 0.367 e. The summed E-state index contributed by atoms with van der Waals surface area (Å²) in [7, 11) is 0. The molecule has 0 atom stereocenters. The zero-order valence-corrected chi connectivity index (χ0v) is 10.6. The maximum atomic E-state index is 11.6. The SMILES string of the molecule is CC(C)(C)C(=O)ON1CCN(C(=O)Cl)CC1. The standard InChI is InChI=1S/C10H17ClN2O3/c1-10(2,3)8(14)16-13-6-4-12(5-7-13)9(11)15/h4-7H2,1-3H3. The first-order chi connectivity index (χ1) is 7.30. The average Bonchev–Trinajstić information content (AvgIpc) is 2.17. The third kappa shape index (κ3) is 3.64. The number of carbonyl (C=O) groups excluding carboxylic acids is 2. The minimum atomic E-state index is -0.514. The molecule has 6 heteroatoms. The van der Waals surface area contributed by atoms with Gasteiger partial charge in [-0.05, 0) is 32.4 Å². The molecule has 0 unspecified atom stereocenters. The predicted octanol–water partition coefficient (Wildman–Crippen LogP) is 1.47. The fourth-order valence-electron chi connectivity index (χ4n) is 1.21. The molecule has 5 nitrogen and oxygen atoms in total. The summed E-state index contributed by atoms with van der Waals surface area (Å²) in [6, 6.07) is 0. The Morgan fingerprint density at radius 3 is 2.00 bits per heavy atom. The monoisotopic (exact) mass is 248 g/mol. The van der Waals surface area contributed by atoms with Crippen LogP contribution in [0.4, 0.5) is 4.79 Å². The van der Waals surface area contributed by atoms with Crippen molar-refractivity contribution in [3.8, 4) is 0 Å². The summed E-state index contributed by atoms with van der Waals surface area (Å²) in [6.45, 7) is 7.37. The van der Waals surface area contributed by atoms with Crippen molar-refractivity contribution < 1.29 is 14.4 Å². The van der Waals surface area contributed by atoms with E-state index in [9.17, 15) is 9.59 Å².